The highest BCUT2D eigenvalue weighted by atomic mass is 16.5. The van der Waals surface area contributed by atoms with E-state index in [1.807, 2.05) is 4.90 Å². The van der Waals surface area contributed by atoms with Crippen LogP contribution in [0.1, 0.15) is 25.5 Å². The number of rotatable bonds is 5. The molecule has 3 aliphatic rings. The van der Waals surface area contributed by atoms with E-state index in [1.54, 1.807) is 26.3 Å². The molecule has 1 unspecified atom stereocenters. The number of nitrogens with two attached hydrogens (primary N) is 1. The first-order valence-electron chi connectivity index (χ1n) is 10.5. The minimum absolute atomic E-state index is 0.0127. The van der Waals surface area contributed by atoms with Gasteiger partial charge in [0.1, 0.15) is 6.10 Å². The van der Waals surface area contributed by atoms with Gasteiger partial charge >= 0.3 is 0 Å². The van der Waals surface area contributed by atoms with Gasteiger partial charge in [-0.15, -0.1) is 0 Å². The smallest absolute Gasteiger partial charge is 0.229 e. The molecule has 2 saturated heterocycles. The molecule has 0 radical (unpaired) electrons. The number of carbonyl (C=O) groups is 1. The molecule has 1 aromatic rings. The molecule has 11 nitrogen and oxygen atoms in total. The lowest BCUT2D eigenvalue weighted by Gasteiger charge is -2.32. The maximum absolute atomic E-state index is 11.6. The van der Waals surface area contributed by atoms with Crippen molar-refractivity contribution in [2.24, 2.45) is 10.7 Å². The summed E-state index contributed by atoms with van der Waals surface area (Å²) in [6.45, 7) is 5.62. The number of likely N-dealkylation sites (tertiary alicyclic amines) is 1. The molecule has 31 heavy (non-hydrogen) atoms. The van der Waals surface area contributed by atoms with Gasteiger partial charge in [0.25, 0.3) is 0 Å². The lowest BCUT2D eigenvalue weighted by atomic mass is 10.1. The van der Waals surface area contributed by atoms with E-state index in [0.717, 1.165) is 18.4 Å². The molecular formula is C20H29N7O4. The maximum atomic E-state index is 11.6. The molecule has 11 heteroatoms. The van der Waals surface area contributed by atoms with Crippen LogP contribution in [0.2, 0.25) is 0 Å². The Balaban J connectivity index is 1.59. The Morgan fingerprint density at radius 3 is 2.65 bits per heavy atom. The average Bonchev–Trinajstić information content (AvgIpc) is 2.79. The number of ether oxygens (including phenoxy) is 3. The molecule has 0 saturated carbocycles. The zero-order chi connectivity index (χ0) is 21.8. The van der Waals surface area contributed by atoms with Crippen molar-refractivity contribution in [3.05, 3.63) is 18.0 Å². The summed E-state index contributed by atoms with van der Waals surface area (Å²) in [5.74, 6) is 1.45. The molecule has 3 N–H and O–H groups in total. The van der Waals surface area contributed by atoms with E-state index in [0.29, 0.717) is 56.9 Å². The lowest BCUT2D eigenvalue weighted by molar-refractivity contribution is -0.130. The largest absolute Gasteiger partial charge is 0.474 e. The number of methoxy groups -OCH3 is 1. The van der Waals surface area contributed by atoms with Crippen LogP contribution in [0.5, 0.6) is 5.88 Å². The fraction of sp³-hybridized carbons (Fsp3) is 0.600. The first kappa shape index (κ1) is 21.3. The number of aromatic nitrogens is 2. The van der Waals surface area contributed by atoms with Crippen LogP contribution in [0.3, 0.4) is 0 Å². The van der Waals surface area contributed by atoms with Gasteiger partial charge in [-0.1, -0.05) is 0 Å². The molecular weight excluding hydrogens is 402 g/mol. The van der Waals surface area contributed by atoms with Crippen LogP contribution in [0.4, 0.5) is 5.95 Å². The molecule has 1 aromatic heterocycles. The first-order valence-corrected chi connectivity index (χ1v) is 10.5. The summed E-state index contributed by atoms with van der Waals surface area (Å²) >= 11 is 0. The molecule has 2 fully saturated rings. The fourth-order valence-electron chi connectivity index (χ4n) is 3.82. The Morgan fingerprint density at radius 1 is 1.23 bits per heavy atom. The van der Waals surface area contributed by atoms with E-state index in [1.165, 1.54) is 0 Å². The summed E-state index contributed by atoms with van der Waals surface area (Å²) in [7, 11) is 1.57. The molecule has 0 aliphatic carbocycles. The number of hydrogen-bond donors (Lipinski definition) is 2. The van der Waals surface area contributed by atoms with Gasteiger partial charge in [0.2, 0.25) is 17.7 Å². The van der Waals surface area contributed by atoms with Crippen LogP contribution in [0, 0.1) is 0 Å². The SMILES string of the molecule is COC1N=C(N)NC=C1c1cc(OC2CCN(C(C)=O)CC2)nc(N2CCOCC2)n1. The zero-order valence-corrected chi connectivity index (χ0v) is 17.9. The predicted octanol–water partition coefficient (Wildman–Crippen LogP) is -0.0658. The summed E-state index contributed by atoms with van der Waals surface area (Å²) in [5, 5.41) is 2.92. The van der Waals surface area contributed by atoms with Crippen molar-refractivity contribution in [3.63, 3.8) is 0 Å². The number of anilines is 1. The van der Waals surface area contributed by atoms with Crippen LogP contribution < -0.4 is 20.7 Å². The minimum atomic E-state index is -0.569. The predicted molar refractivity (Wildman–Crippen MR) is 115 cm³/mol. The van der Waals surface area contributed by atoms with Gasteiger partial charge in [-0.2, -0.15) is 4.98 Å². The molecule has 1 amide bonds. The van der Waals surface area contributed by atoms with Gasteiger partial charge < -0.3 is 35.1 Å². The third-order valence-corrected chi connectivity index (χ3v) is 5.58. The summed E-state index contributed by atoms with van der Waals surface area (Å²) in [4.78, 5) is 29.2. The number of guanidine groups is 1. The maximum Gasteiger partial charge on any atom is 0.229 e. The molecule has 4 heterocycles. The van der Waals surface area contributed by atoms with E-state index >= 15 is 0 Å². The summed E-state index contributed by atoms with van der Waals surface area (Å²) < 4.78 is 17.2. The molecule has 0 bridgehead atoms. The van der Waals surface area contributed by atoms with Gasteiger partial charge in [-0.3, -0.25) is 4.79 Å². The van der Waals surface area contributed by atoms with Crippen LogP contribution in [-0.4, -0.2) is 85.6 Å². The highest BCUT2D eigenvalue weighted by Gasteiger charge is 2.26. The molecule has 3 aliphatic heterocycles. The number of morpholine rings is 1. The molecule has 0 aromatic carbocycles. The number of amides is 1. The van der Waals surface area contributed by atoms with Crippen molar-refractivity contribution in [1.82, 2.24) is 20.2 Å². The zero-order valence-electron chi connectivity index (χ0n) is 17.9. The van der Waals surface area contributed by atoms with Crippen LogP contribution in [0.15, 0.2) is 17.3 Å². The quantitative estimate of drug-likeness (QED) is 0.659. The van der Waals surface area contributed by atoms with Gasteiger partial charge in [0, 0.05) is 70.9 Å². The van der Waals surface area contributed by atoms with Crippen molar-refractivity contribution in [2.75, 3.05) is 51.4 Å². The second-order valence-corrected chi connectivity index (χ2v) is 7.66. The Bertz CT molecular complexity index is 861. The van der Waals surface area contributed by atoms with E-state index in [2.05, 4.69) is 20.2 Å². The number of nitrogens with zero attached hydrogens (tertiary/aromatic N) is 5. The normalized spacial score (nSPS) is 22.5. The number of nitrogens with one attached hydrogen (secondary N) is 1. The van der Waals surface area contributed by atoms with Gasteiger partial charge in [-0.25, -0.2) is 9.98 Å². The monoisotopic (exact) mass is 431 g/mol. The molecule has 0 spiro atoms. The highest BCUT2D eigenvalue weighted by Crippen LogP contribution is 2.28. The Hall–Kier alpha value is -2.92. The van der Waals surface area contributed by atoms with Crippen molar-refractivity contribution >= 4 is 23.4 Å². The number of piperidine rings is 1. The third kappa shape index (κ3) is 5.05. The van der Waals surface area contributed by atoms with Crippen LogP contribution in [-0.2, 0) is 14.3 Å². The summed E-state index contributed by atoms with van der Waals surface area (Å²) in [6, 6.07) is 1.80. The van der Waals surface area contributed by atoms with Crippen molar-refractivity contribution in [1.29, 1.82) is 0 Å². The first-order chi connectivity index (χ1) is 15.0. The van der Waals surface area contributed by atoms with Crippen molar-refractivity contribution in [2.45, 2.75) is 32.1 Å². The van der Waals surface area contributed by atoms with E-state index in [4.69, 9.17) is 24.9 Å². The third-order valence-electron chi connectivity index (χ3n) is 5.58. The van der Waals surface area contributed by atoms with E-state index < -0.39 is 6.23 Å². The Labute approximate surface area is 181 Å². The van der Waals surface area contributed by atoms with Gasteiger partial charge in [0.15, 0.2) is 12.2 Å². The Morgan fingerprint density at radius 2 is 1.97 bits per heavy atom. The van der Waals surface area contributed by atoms with E-state index in [-0.39, 0.29) is 18.0 Å². The Kier molecular flexibility index (Phi) is 6.52. The second-order valence-electron chi connectivity index (χ2n) is 7.66. The summed E-state index contributed by atoms with van der Waals surface area (Å²) in [6.07, 6.45) is 2.69. The van der Waals surface area contributed by atoms with Crippen molar-refractivity contribution in [3.8, 4) is 5.88 Å². The van der Waals surface area contributed by atoms with E-state index in [9.17, 15) is 4.79 Å². The standard InChI is InChI=1S/C20H29N7O4/c1-13(28)26-5-3-14(4-6-26)31-17-11-16(15-12-22-19(21)25-18(15)29-2)23-20(24-17)27-7-9-30-10-8-27/h11-12,14,18H,3-10H2,1-2H3,(H3,21,22,25). The fourth-order valence-corrected chi connectivity index (χ4v) is 3.82. The number of aliphatic imine (C=N–C) groups is 1. The topological polar surface area (TPSA) is 127 Å². The van der Waals surface area contributed by atoms with Gasteiger partial charge in [-0.05, 0) is 0 Å². The second kappa shape index (κ2) is 9.48. The molecule has 168 valence electrons. The molecule has 1 atom stereocenters. The highest BCUT2D eigenvalue weighted by molar-refractivity contribution is 5.85. The summed E-state index contributed by atoms with van der Waals surface area (Å²) in [5.41, 5.74) is 7.18. The number of hydrogen-bond acceptors (Lipinski definition) is 10. The average molecular weight is 431 g/mol. The molecule has 4 rings (SSSR count). The van der Waals surface area contributed by atoms with Crippen molar-refractivity contribution < 1.29 is 19.0 Å². The lowest BCUT2D eigenvalue weighted by Crippen LogP contribution is -2.41. The van der Waals surface area contributed by atoms with Crippen LogP contribution >= 0.6 is 0 Å². The number of carbonyl (C=O) groups excluding carboxylic acids is 1. The minimum Gasteiger partial charge on any atom is -0.474 e. The van der Waals surface area contributed by atoms with Gasteiger partial charge in [0.05, 0.1) is 18.9 Å². The van der Waals surface area contributed by atoms with Crippen LogP contribution in [0.25, 0.3) is 5.57 Å².